The lowest BCUT2D eigenvalue weighted by atomic mass is 9.91. The maximum atomic E-state index is 13.4. The zero-order valence-corrected chi connectivity index (χ0v) is 15.7. The minimum atomic E-state index is -4.69. The van der Waals surface area contributed by atoms with Crippen LogP contribution in [0.15, 0.2) is 36.4 Å². The number of benzene rings is 2. The van der Waals surface area contributed by atoms with Gasteiger partial charge < -0.3 is 21.7 Å². The largest absolute Gasteiger partial charge is 0.480 e. The van der Waals surface area contributed by atoms with Crippen LogP contribution < -0.4 is 11.5 Å². The summed E-state index contributed by atoms with van der Waals surface area (Å²) in [6.07, 6.45) is -5.15. The summed E-state index contributed by atoms with van der Waals surface area (Å²) in [6, 6.07) is 4.82. The van der Waals surface area contributed by atoms with E-state index in [1.807, 2.05) is 0 Å². The van der Waals surface area contributed by atoms with E-state index < -0.39 is 35.8 Å². The second-order valence-electron chi connectivity index (χ2n) is 6.52. The second kappa shape index (κ2) is 8.81. The summed E-state index contributed by atoms with van der Waals surface area (Å²) in [5, 5.41) is 18.2. The normalized spacial score (nSPS) is 13.7. The van der Waals surface area contributed by atoms with Gasteiger partial charge in [-0.15, -0.1) is 0 Å². The number of halogens is 4. The van der Waals surface area contributed by atoms with Gasteiger partial charge in [0.1, 0.15) is 12.1 Å². The van der Waals surface area contributed by atoms with Crippen LogP contribution in [0.3, 0.4) is 0 Å². The average molecular weight is 431 g/mol. The molecule has 2 aromatic carbocycles. The van der Waals surface area contributed by atoms with Crippen molar-refractivity contribution in [2.24, 2.45) is 11.5 Å². The van der Waals surface area contributed by atoms with Crippen molar-refractivity contribution < 1.29 is 33.0 Å². The van der Waals surface area contributed by atoms with Gasteiger partial charge in [-0.25, -0.2) is 0 Å². The molecule has 0 aliphatic carbocycles. The molecule has 0 saturated carbocycles. The lowest BCUT2D eigenvalue weighted by molar-refractivity contribution is -0.139. The molecule has 10 heteroatoms. The summed E-state index contributed by atoms with van der Waals surface area (Å²) in [5.41, 5.74) is 10.9. The van der Waals surface area contributed by atoms with E-state index in [2.05, 4.69) is 0 Å². The number of nitrogens with two attached hydrogens (primary N) is 2. The van der Waals surface area contributed by atoms with Gasteiger partial charge in [-0.05, 0) is 59.4 Å². The number of aliphatic carboxylic acids is 2. The molecular formula is C19H18ClF3N2O4. The Balaban J connectivity index is 2.62. The van der Waals surface area contributed by atoms with Crippen molar-refractivity contribution in [3.05, 3.63) is 58.1 Å². The minimum absolute atomic E-state index is 0.0678. The fourth-order valence-corrected chi connectivity index (χ4v) is 2.96. The fraction of sp³-hybridized carbons (Fsp3) is 0.263. The van der Waals surface area contributed by atoms with Gasteiger partial charge in [-0.3, -0.25) is 9.59 Å². The molecule has 0 heterocycles. The molecular weight excluding hydrogens is 413 g/mol. The number of carboxylic acids is 2. The maximum absolute atomic E-state index is 13.4. The Morgan fingerprint density at radius 3 is 2.10 bits per heavy atom. The predicted molar refractivity (Wildman–Crippen MR) is 101 cm³/mol. The first-order chi connectivity index (χ1) is 13.4. The number of alkyl halides is 3. The van der Waals surface area contributed by atoms with Crippen molar-refractivity contribution in [1.29, 1.82) is 0 Å². The van der Waals surface area contributed by atoms with E-state index in [9.17, 15) is 22.8 Å². The van der Waals surface area contributed by atoms with Gasteiger partial charge in [0.25, 0.3) is 0 Å². The average Bonchev–Trinajstić information content (AvgIpc) is 2.61. The smallest absolute Gasteiger partial charge is 0.416 e. The summed E-state index contributed by atoms with van der Waals surface area (Å²) >= 11 is 5.99. The number of carboxylic acid groups (broad SMARTS) is 2. The summed E-state index contributed by atoms with van der Waals surface area (Å²) < 4.78 is 40.2. The van der Waals surface area contributed by atoms with Crippen molar-refractivity contribution in [3.8, 4) is 11.1 Å². The van der Waals surface area contributed by atoms with E-state index in [1.54, 1.807) is 0 Å². The third-order valence-electron chi connectivity index (χ3n) is 4.23. The first-order valence-electron chi connectivity index (χ1n) is 8.35. The van der Waals surface area contributed by atoms with Crippen LogP contribution in [0.5, 0.6) is 0 Å². The highest BCUT2D eigenvalue weighted by Gasteiger charge is 2.32. The first-order valence-corrected chi connectivity index (χ1v) is 8.73. The van der Waals surface area contributed by atoms with E-state index >= 15 is 0 Å². The van der Waals surface area contributed by atoms with E-state index in [0.717, 1.165) is 12.1 Å². The molecule has 6 N–H and O–H groups in total. The standard InChI is InChI=1S/C19H18ClF3N2O4/c20-13-2-1-10(7-16(25)18(28)29)14(8-13)11-3-9(5-15(24)17(26)27)4-12(6-11)19(21,22)23/h1-4,6,8,15-16H,5,7,24-25H2,(H,26,27)(H,28,29)/t15?,16-/m0/s1. The van der Waals surface area contributed by atoms with Crippen LogP contribution in [0, 0.1) is 0 Å². The predicted octanol–water partition coefficient (Wildman–Crippen LogP) is 2.93. The zero-order valence-electron chi connectivity index (χ0n) is 14.9. The van der Waals surface area contributed by atoms with Crippen molar-refractivity contribution in [2.75, 3.05) is 0 Å². The van der Waals surface area contributed by atoms with Gasteiger partial charge >= 0.3 is 18.1 Å². The zero-order chi connectivity index (χ0) is 21.9. The van der Waals surface area contributed by atoms with Crippen molar-refractivity contribution >= 4 is 23.5 Å². The molecule has 0 saturated heterocycles. The first kappa shape index (κ1) is 22.7. The topological polar surface area (TPSA) is 127 Å². The maximum Gasteiger partial charge on any atom is 0.416 e. The molecule has 0 fully saturated rings. The van der Waals surface area contributed by atoms with Crippen molar-refractivity contribution in [1.82, 2.24) is 0 Å². The molecule has 0 spiro atoms. The number of hydrogen-bond acceptors (Lipinski definition) is 4. The van der Waals surface area contributed by atoms with E-state index in [0.29, 0.717) is 5.56 Å². The Kier molecular flexibility index (Phi) is 6.89. The molecule has 0 radical (unpaired) electrons. The van der Waals surface area contributed by atoms with Gasteiger partial charge in [0.15, 0.2) is 0 Å². The van der Waals surface area contributed by atoms with E-state index in [1.165, 1.54) is 24.3 Å². The Labute approximate surface area is 168 Å². The highest BCUT2D eigenvalue weighted by atomic mass is 35.5. The molecule has 0 aliphatic rings. The monoisotopic (exact) mass is 430 g/mol. The summed E-state index contributed by atoms with van der Waals surface area (Å²) in [7, 11) is 0. The van der Waals surface area contributed by atoms with Crippen LogP contribution >= 0.6 is 11.6 Å². The summed E-state index contributed by atoms with van der Waals surface area (Å²) in [6.45, 7) is 0. The third-order valence-corrected chi connectivity index (χ3v) is 4.47. The number of carbonyl (C=O) groups is 2. The van der Waals surface area contributed by atoms with Crippen LogP contribution in [0.2, 0.25) is 5.02 Å². The molecule has 6 nitrogen and oxygen atoms in total. The molecule has 0 aromatic heterocycles. The molecule has 156 valence electrons. The van der Waals surface area contributed by atoms with Gasteiger partial charge in [-0.1, -0.05) is 23.7 Å². The highest BCUT2D eigenvalue weighted by molar-refractivity contribution is 6.30. The van der Waals surface area contributed by atoms with Crippen LogP contribution in [-0.2, 0) is 28.6 Å². The molecule has 29 heavy (non-hydrogen) atoms. The Morgan fingerprint density at radius 2 is 1.55 bits per heavy atom. The van der Waals surface area contributed by atoms with Crippen LogP contribution in [0.1, 0.15) is 16.7 Å². The van der Waals surface area contributed by atoms with Crippen LogP contribution in [-0.4, -0.2) is 34.2 Å². The van der Waals surface area contributed by atoms with Crippen LogP contribution in [0.4, 0.5) is 13.2 Å². The van der Waals surface area contributed by atoms with Crippen LogP contribution in [0.25, 0.3) is 11.1 Å². The molecule has 0 bridgehead atoms. The lowest BCUT2D eigenvalue weighted by Gasteiger charge is -2.17. The van der Waals surface area contributed by atoms with Gasteiger partial charge in [0, 0.05) is 5.02 Å². The molecule has 0 aliphatic heterocycles. The number of rotatable bonds is 7. The molecule has 2 rings (SSSR count). The van der Waals surface area contributed by atoms with Gasteiger partial charge in [0.05, 0.1) is 5.56 Å². The Morgan fingerprint density at radius 1 is 0.966 bits per heavy atom. The van der Waals surface area contributed by atoms with E-state index in [4.69, 9.17) is 33.3 Å². The SMILES string of the molecule is NC(Cc1cc(-c2cc(Cl)ccc2C[C@H](N)C(=O)O)cc(C(F)(F)F)c1)C(=O)O. The molecule has 2 atom stereocenters. The number of hydrogen-bond donors (Lipinski definition) is 4. The Bertz CT molecular complexity index is 934. The fourth-order valence-electron chi connectivity index (χ4n) is 2.79. The summed E-state index contributed by atoms with van der Waals surface area (Å²) in [5.74, 6) is -2.61. The van der Waals surface area contributed by atoms with Crippen molar-refractivity contribution in [3.63, 3.8) is 0 Å². The Hall–Kier alpha value is -2.62. The van der Waals surface area contributed by atoms with Gasteiger partial charge in [0.2, 0.25) is 0 Å². The third kappa shape index (κ3) is 5.93. The summed E-state index contributed by atoms with van der Waals surface area (Å²) in [4.78, 5) is 22.1. The lowest BCUT2D eigenvalue weighted by Crippen LogP contribution is -2.32. The van der Waals surface area contributed by atoms with Crippen molar-refractivity contribution in [2.45, 2.75) is 31.1 Å². The second-order valence-corrected chi connectivity index (χ2v) is 6.95. The highest BCUT2D eigenvalue weighted by Crippen LogP contribution is 2.36. The molecule has 0 amide bonds. The van der Waals surface area contributed by atoms with Gasteiger partial charge in [-0.2, -0.15) is 13.2 Å². The molecule has 1 unspecified atom stereocenters. The molecule has 2 aromatic rings. The van der Waals surface area contributed by atoms with E-state index in [-0.39, 0.29) is 34.6 Å². The minimum Gasteiger partial charge on any atom is -0.480 e. The quantitative estimate of drug-likeness (QED) is 0.535.